The summed E-state index contributed by atoms with van der Waals surface area (Å²) in [6, 6.07) is 4.91. The highest BCUT2D eigenvalue weighted by Crippen LogP contribution is 2.38. The average molecular weight is 498 g/mol. The molecule has 186 valence electrons. The third-order valence-corrected chi connectivity index (χ3v) is 8.12. The first-order chi connectivity index (χ1) is 16.7. The highest BCUT2D eigenvalue weighted by atomic mass is 32.2. The van der Waals surface area contributed by atoms with E-state index in [-0.39, 0.29) is 5.69 Å². The lowest BCUT2D eigenvalue weighted by molar-refractivity contribution is 0.256. The highest BCUT2D eigenvalue weighted by Gasteiger charge is 2.26. The number of aryl methyl sites for hydroxylation is 5. The molecule has 1 heterocycles. The van der Waals surface area contributed by atoms with E-state index in [0.717, 1.165) is 60.9 Å². The van der Waals surface area contributed by atoms with Gasteiger partial charge in [0.05, 0.1) is 16.7 Å². The molecule has 2 amide bonds. The minimum atomic E-state index is -4.21. The van der Waals surface area contributed by atoms with Crippen molar-refractivity contribution in [3.05, 3.63) is 56.5 Å². The monoisotopic (exact) mass is 497 g/mol. The number of aromatic nitrogens is 2. The lowest BCUT2D eigenvalue weighted by Crippen LogP contribution is -2.38. The minimum absolute atomic E-state index is 0.134. The van der Waals surface area contributed by atoms with Crippen LogP contribution in [0.5, 0.6) is 0 Å². The molecule has 2 aliphatic rings. The van der Waals surface area contributed by atoms with E-state index in [1.54, 1.807) is 28.2 Å². The molecule has 0 aliphatic heterocycles. The maximum Gasteiger partial charge on any atom is 0.334 e. The van der Waals surface area contributed by atoms with Gasteiger partial charge in [-0.1, -0.05) is 6.07 Å². The first-order valence-electron chi connectivity index (χ1n) is 12.2. The van der Waals surface area contributed by atoms with Gasteiger partial charge in [0.25, 0.3) is 0 Å². The third kappa shape index (κ3) is 4.09. The second kappa shape index (κ2) is 8.75. The van der Waals surface area contributed by atoms with Gasteiger partial charge in [-0.3, -0.25) is 13.9 Å². The summed E-state index contributed by atoms with van der Waals surface area (Å²) >= 11 is 0. The Labute approximate surface area is 204 Å². The van der Waals surface area contributed by atoms with Crippen LogP contribution in [0, 0.1) is 6.92 Å². The van der Waals surface area contributed by atoms with Crippen LogP contribution in [0.3, 0.4) is 0 Å². The van der Waals surface area contributed by atoms with E-state index < -0.39 is 16.2 Å². The molecule has 2 aromatic carbocycles. The number of hydrogen-bond acceptors (Lipinski definition) is 4. The van der Waals surface area contributed by atoms with Crippen molar-refractivity contribution in [1.82, 2.24) is 13.9 Å². The average Bonchev–Trinajstić information content (AvgIpc) is 3.50. The van der Waals surface area contributed by atoms with Crippen molar-refractivity contribution in [2.45, 2.75) is 72.4 Å². The summed E-state index contributed by atoms with van der Waals surface area (Å²) in [5, 5.41) is 2.85. The Kier molecular flexibility index (Phi) is 5.86. The van der Waals surface area contributed by atoms with Gasteiger partial charge in [0.1, 0.15) is 0 Å². The molecule has 3 aromatic rings. The molecular weight excluding hydrogens is 466 g/mol. The van der Waals surface area contributed by atoms with Crippen LogP contribution in [-0.2, 0) is 49.0 Å². The number of hydrogen-bond donors (Lipinski definition) is 3. The van der Waals surface area contributed by atoms with Crippen molar-refractivity contribution in [1.29, 1.82) is 0 Å². The summed E-state index contributed by atoms with van der Waals surface area (Å²) in [4.78, 5) is 25.5. The van der Waals surface area contributed by atoms with Crippen LogP contribution in [0.15, 0.2) is 23.0 Å². The number of urea groups is 1. The number of carbonyl (C=O) groups is 1. The smallest absolute Gasteiger partial charge is 0.307 e. The Morgan fingerprint density at radius 1 is 0.914 bits per heavy atom. The number of imidazole rings is 1. The Bertz CT molecular complexity index is 1490. The molecular formula is C25H31N5O4S. The van der Waals surface area contributed by atoms with Gasteiger partial charge in [-0.15, -0.1) is 0 Å². The van der Waals surface area contributed by atoms with E-state index in [1.165, 1.54) is 11.1 Å². The van der Waals surface area contributed by atoms with Crippen LogP contribution >= 0.6 is 0 Å². The molecule has 3 N–H and O–H groups in total. The summed E-state index contributed by atoms with van der Waals surface area (Å²) in [7, 11) is -4.21. The molecule has 10 heteroatoms. The van der Waals surface area contributed by atoms with Gasteiger partial charge in [0, 0.05) is 18.8 Å². The summed E-state index contributed by atoms with van der Waals surface area (Å²) in [5.41, 5.74) is 7.78. The number of anilines is 2. The number of fused-ring (bicyclic) bond motifs is 3. The summed E-state index contributed by atoms with van der Waals surface area (Å²) in [5.74, 6) is 0. The molecule has 0 radical (unpaired) electrons. The third-order valence-electron chi connectivity index (χ3n) is 7.18. The summed E-state index contributed by atoms with van der Waals surface area (Å²) in [6.07, 6.45) is 5.83. The molecule has 2 aliphatic carbocycles. The van der Waals surface area contributed by atoms with Gasteiger partial charge < -0.3 is 5.32 Å². The van der Waals surface area contributed by atoms with Crippen LogP contribution in [0.25, 0.3) is 11.0 Å². The number of carbonyl (C=O) groups excluding carboxylic acids is 1. The normalized spacial score (nSPS) is 14.7. The molecule has 0 unspecified atom stereocenters. The predicted octanol–water partition coefficient (Wildman–Crippen LogP) is 3.61. The van der Waals surface area contributed by atoms with E-state index in [0.29, 0.717) is 29.9 Å². The zero-order valence-corrected chi connectivity index (χ0v) is 21.1. The van der Waals surface area contributed by atoms with Gasteiger partial charge in [-0.2, -0.15) is 8.42 Å². The minimum Gasteiger partial charge on any atom is -0.307 e. The Hall–Kier alpha value is -3.27. The zero-order valence-electron chi connectivity index (χ0n) is 20.3. The van der Waals surface area contributed by atoms with Gasteiger partial charge in [0.2, 0.25) is 0 Å². The maximum atomic E-state index is 12.9. The van der Waals surface area contributed by atoms with Gasteiger partial charge in [-0.05, 0) is 99.2 Å². The van der Waals surface area contributed by atoms with Crippen LogP contribution in [-0.4, -0.2) is 23.6 Å². The van der Waals surface area contributed by atoms with Crippen molar-refractivity contribution in [3.63, 3.8) is 0 Å². The molecule has 0 atom stereocenters. The maximum absolute atomic E-state index is 12.9. The standard InChI is InChI=1S/C25H31N5O4S/c1-4-29-21-12-15(3)20(14-22(21)30(5-2)25(29)32)27-35(33,34)28-24(31)26-23-18-10-6-8-16(18)13-17-9-7-11-19(17)23/h12-14,27H,4-11H2,1-3H3,(H2,26,28,31). The summed E-state index contributed by atoms with van der Waals surface area (Å²) in [6.45, 7) is 6.51. The lowest BCUT2D eigenvalue weighted by atomic mass is 9.99. The van der Waals surface area contributed by atoms with Gasteiger partial charge in [0.15, 0.2) is 0 Å². The topological polar surface area (TPSA) is 114 Å². The molecule has 5 rings (SSSR count). The number of benzene rings is 2. The largest absolute Gasteiger partial charge is 0.334 e. The number of nitrogens with zero attached hydrogens (tertiary/aromatic N) is 2. The lowest BCUT2D eigenvalue weighted by Gasteiger charge is -2.17. The SMILES string of the molecule is CCn1c(=O)n(CC)c2cc(NS(=O)(=O)NC(=O)Nc3c4c(cc5c3CCC5)CCC4)c(C)cc21. The first kappa shape index (κ1) is 23.5. The summed E-state index contributed by atoms with van der Waals surface area (Å²) < 4.78 is 33.6. The molecule has 0 saturated carbocycles. The highest BCUT2D eigenvalue weighted by molar-refractivity contribution is 7.91. The molecule has 35 heavy (non-hydrogen) atoms. The number of nitrogens with one attached hydrogen (secondary N) is 3. The zero-order chi connectivity index (χ0) is 24.9. The van der Waals surface area contributed by atoms with Crippen LogP contribution in [0.4, 0.5) is 16.2 Å². The molecule has 9 nitrogen and oxygen atoms in total. The van der Waals surface area contributed by atoms with E-state index in [2.05, 4.69) is 20.8 Å². The Morgan fingerprint density at radius 3 is 2.06 bits per heavy atom. The second-order valence-electron chi connectivity index (χ2n) is 9.32. The van der Waals surface area contributed by atoms with Gasteiger partial charge in [-0.25, -0.2) is 14.3 Å². The molecule has 0 bridgehead atoms. The fourth-order valence-electron chi connectivity index (χ4n) is 5.59. The van der Waals surface area contributed by atoms with Crippen molar-refractivity contribution in [2.24, 2.45) is 0 Å². The predicted molar refractivity (Wildman–Crippen MR) is 137 cm³/mol. The van der Waals surface area contributed by atoms with Crippen molar-refractivity contribution in [3.8, 4) is 0 Å². The molecule has 0 spiro atoms. The van der Waals surface area contributed by atoms with E-state index in [1.807, 2.05) is 13.8 Å². The number of amides is 2. The molecule has 0 fully saturated rings. The Morgan fingerprint density at radius 2 is 1.49 bits per heavy atom. The van der Waals surface area contributed by atoms with Gasteiger partial charge >= 0.3 is 21.9 Å². The van der Waals surface area contributed by atoms with Crippen molar-refractivity contribution in [2.75, 3.05) is 10.0 Å². The number of rotatable bonds is 6. The van der Waals surface area contributed by atoms with Crippen LogP contribution in [0.1, 0.15) is 54.5 Å². The first-order valence-corrected chi connectivity index (χ1v) is 13.7. The van der Waals surface area contributed by atoms with Crippen molar-refractivity contribution < 1.29 is 13.2 Å². The van der Waals surface area contributed by atoms with Crippen molar-refractivity contribution >= 4 is 38.6 Å². The molecule has 0 saturated heterocycles. The fourth-order valence-corrected chi connectivity index (χ4v) is 6.44. The second-order valence-corrected chi connectivity index (χ2v) is 10.7. The fraction of sp³-hybridized carbons (Fsp3) is 0.440. The van der Waals surface area contributed by atoms with E-state index in [9.17, 15) is 18.0 Å². The van der Waals surface area contributed by atoms with Crippen LogP contribution < -0.4 is 20.5 Å². The Balaban J connectivity index is 1.40. The van der Waals surface area contributed by atoms with Crippen LogP contribution in [0.2, 0.25) is 0 Å². The van der Waals surface area contributed by atoms with E-state index >= 15 is 0 Å². The van der Waals surface area contributed by atoms with E-state index in [4.69, 9.17) is 0 Å². The quantitative estimate of drug-likeness (QED) is 0.483. The molecule has 1 aromatic heterocycles.